The summed E-state index contributed by atoms with van der Waals surface area (Å²) in [6, 6.07) is 6.17. The number of nitrogens with two attached hydrogens (primary N) is 1. The van der Waals surface area contributed by atoms with Crippen molar-refractivity contribution < 1.29 is 4.74 Å². The van der Waals surface area contributed by atoms with Crippen molar-refractivity contribution in [2.24, 2.45) is 11.7 Å². The Morgan fingerprint density at radius 3 is 2.78 bits per heavy atom. The van der Waals surface area contributed by atoms with Crippen molar-refractivity contribution in [3.63, 3.8) is 0 Å². The Morgan fingerprint density at radius 2 is 2.17 bits per heavy atom. The van der Waals surface area contributed by atoms with E-state index < -0.39 is 0 Å². The first-order valence-corrected chi connectivity index (χ1v) is 7.37. The Labute approximate surface area is 121 Å². The monoisotopic (exact) mass is 332 g/mol. The lowest BCUT2D eigenvalue weighted by Crippen LogP contribution is -2.39. The van der Waals surface area contributed by atoms with Crippen molar-refractivity contribution in [2.45, 2.75) is 18.9 Å². The van der Waals surface area contributed by atoms with Gasteiger partial charge in [-0.05, 0) is 52.9 Å². The van der Waals surface area contributed by atoms with E-state index in [1.54, 1.807) is 0 Å². The van der Waals surface area contributed by atoms with Gasteiger partial charge in [0.2, 0.25) is 0 Å². The minimum Gasteiger partial charge on any atom is -0.381 e. The summed E-state index contributed by atoms with van der Waals surface area (Å²) < 4.78 is 6.29. The van der Waals surface area contributed by atoms with Gasteiger partial charge < -0.3 is 15.8 Å². The van der Waals surface area contributed by atoms with E-state index in [1.165, 1.54) is 0 Å². The van der Waals surface area contributed by atoms with Crippen LogP contribution >= 0.6 is 27.5 Å². The zero-order valence-electron chi connectivity index (χ0n) is 10.2. The highest BCUT2D eigenvalue weighted by atomic mass is 79.9. The molecule has 3 N–H and O–H groups in total. The second-order valence-electron chi connectivity index (χ2n) is 4.57. The van der Waals surface area contributed by atoms with Crippen LogP contribution in [0, 0.1) is 5.92 Å². The lowest BCUT2D eigenvalue weighted by Gasteiger charge is -2.30. The number of hydrogen-bond acceptors (Lipinski definition) is 3. The number of halogens is 2. The fraction of sp³-hybridized carbons (Fsp3) is 0.538. The zero-order valence-corrected chi connectivity index (χ0v) is 12.5. The van der Waals surface area contributed by atoms with Crippen LogP contribution in [0.2, 0.25) is 5.02 Å². The van der Waals surface area contributed by atoms with E-state index in [1.807, 2.05) is 18.2 Å². The van der Waals surface area contributed by atoms with Crippen LogP contribution in [0.1, 0.15) is 12.8 Å². The van der Waals surface area contributed by atoms with Gasteiger partial charge in [0.1, 0.15) is 0 Å². The number of rotatable bonds is 4. The van der Waals surface area contributed by atoms with Crippen LogP contribution in [0.25, 0.3) is 0 Å². The summed E-state index contributed by atoms with van der Waals surface area (Å²) in [4.78, 5) is 0. The fourth-order valence-corrected chi connectivity index (χ4v) is 2.71. The highest BCUT2D eigenvalue weighted by molar-refractivity contribution is 9.10. The maximum Gasteiger partial charge on any atom is 0.0568 e. The summed E-state index contributed by atoms with van der Waals surface area (Å²) >= 11 is 9.48. The van der Waals surface area contributed by atoms with Crippen molar-refractivity contribution in [1.82, 2.24) is 0 Å². The van der Waals surface area contributed by atoms with Crippen molar-refractivity contribution >= 4 is 33.2 Å². The normalized spacial score (nSPS) is 18.6. The van der Waals surface area contributed by atoms with Gasteiger partial charge in [-0.3, -0.25) is 0 Å². The van der Waals surface area contributed by atoms with Gasteiger partial charge in [0.25, 0.3) is 0 Å². The van der Waals surface area contributed by atoms with Crippen LogP contribution in [0.3, 0.4) is 0 Å². The van der Waals surface area contributed by atoms with E-state index in [9.17, 15) is 0 Å². The molecule has 5 heteroatoms. The average molecular weight is 334 g/mol. The van der Waals surface area contributed by atoms with Crippen LogP contribution in [0.4, 0.5) is 5.69 Å². The predicted octanol–water partition coefficient (Wildman–Crippen LogP) is 3.27. The Balaban J connectivity index is 2.02. The Bertz CT molecular complexity index is 397. The fourth-order valence-electron chi connectivity index (χ4n) is 2.29. The van der Waals surface area contributed by atoms with Crippen LogP contribution in [-0.2, 0) is 4.74 Å². The van der Waals surface area contributed by atoms with E-state index in [2.05, 4.69) is 21.2 Å². The lowest BCUT2D eigenvalue weighted by molar-refractivity contribution is 0.0614. The van der Waals surface area contributed by atoms with E-state index >= 15 is 0 Å². The molecule has 0 saturated carbocycles. The third-order valence-electron chi connectivity index (χ3n) is 3.36. The Kier molecular flexibility index (Phi) is 5.30. The molecule has 0 spiro atoms. The van der Waals surface area contributed by atoms with Gasteiger partial charge in [0.05, 0.1) is 5.02 Å². The molecule has 1 fully saturated rings. The zero-order chi connectivity index (χ0) is 13.0. The summed E-state index contributed by atoms with van der Waals surface area (Å²) in [6.07, 6.45) is 2.14. The molecule has 18 heavy (non-hydrogen) atoms. The third-order valence-corrected chi connectivity index (χ3v) is 4.59. The molecule has 0 bridgehead atoms. The van der Waals surface area contributed by atoms with Gasteiger partial charge >= 0.3 is 0 Å². The molecule has 100 valence electrons. The van der Waals surface area contributed by atoms with Crippen molar-refractivity contribution in [3.8, 4) is 0 Å². The maximum absolute atomic E-state index is 6.09. The van der Waals surface area contributed by atoms with Crippen LogP contribution in [-0.4, -0.2) is 25.8 Å². The van der Waals surface area contributed by atoms with Crippen LogP contribution in [0.15, 0.2) is 22.7 Å². The topological polar surface area (TPSA) is 47.3 Å². The lowest BCUT2D eigenvalue weighted by atomic mass is 9.91. The molecule has 1 aliphatic heterocycles. The molecular formula is C13H18BrClN2O. The van der Waals surface area contributed by atoms with Gasteiger partial charge in [0.15, 0.2) is 0 Å². The SMILES string of the molecule is NCC(Nc1ccc(Br)c(Cl)c1)C1CCOCC1. The molecule has 1 atom stereocenters. The third kappa shape index (κ3) is 3.60. The first kappa shape index (κ1) is 14.1. The van der Waals surface area contributed by atoms with E-state index in [4.69, 9.17) is 22.1 Å². The largest absolute Gasteiger partial charge is 0.381 e. The Morgan fingerprint density at radius 1 is 1.44 bits per heavy atom. The van der Waals surface area contributed by atoms with Gasteiger partial charge in [-0.15, -0.1) is 0 Å². The number of nitrogens with one attached hydrogen (secondary N) is 1. The molecule has 2 rings (SSSR count). The van der Waals surface area contributed by atoms with Gasteiger partial charge in [-0.1, -0.05) is 11.6 Å². The highest BCUT2D eigenvalue weighted by Gasteiger charge is 2.22. The summed E-state index contributed by atoms with van der Waals surface area (Å²) in [5.41, 5.74) is 6.89. The quantitative estimate of drug-likeness (QED) is 0.889. The molecule has 1 aromatic rings. The number of ether oxygens (including phenoxy) is 1. The van der Waals surface area contributed by atoms with E-state index in [-0.39, 0.29) is 6.04 Å². The molecule has 0 amide bonds. The molecule has 0 radical (unpaired) electrons. The summed E-state index contributed by atoms with van der Waals surface area (Å²) in [5.74, 6) is 0.575. The molecule has 3 nitrogen and oxygen atoms in total. The minimum absolute atomic E-state index is 0.283. The van der Waals surface area contributed by atoms with Gasteiger partial charge in [0, 0.05) is 36.0 Å². The molecule has 0 aliphatic carbocycles. The van der Waals surface area contributed by atoms with Crippen molar-refractivity contribution in [1.29, 1.82) is 0 Å². The summed E-state index contributed by atoms with van der Waals surface area (Å²) in [6.45, 7) is 2.30. The minimum atomic E-state index is 0.283. The summed E-state index contributed by atoms with van der Waals surface area (Å²) in [7, 11) is 0. The summed E-state index contributed by atoms with van der Waals surface area (Å²) in [5, 5.41) is 4.19. The number of benzene rings is 1. The first-order chi connectivity index (χ1) is 8.70. The molecule has 0 aromatic heterocycles. The highest BCUT2D eigenvalue weighted by Crippen LogP contribution is 2.27. The smallest absolute Gasteiger partial charge is 0.0568 e. The number of anilines is 1. The predicted molar refractivity (Wildman–Crippen MR) is 79.2 cm³/mol. The molecule has 1 saturated heterocycles. The maximum atomic E-state index is 6.09. The van der Waals surface area contributed by atoms with Crippen LogP contribution < -0.4 is 11.1 Å². The van der Waals surface area contributed by atoms with E-state index in [0.717, 1.165) is 36.2 Å². The molecule has 1 unspecified atom stereocenters. The van der Waals surface area contributed by atoms with Crippen LogP contribution in [0.5, 0.6) is 0 Å². The first-order valence-electron chi connectivity index (χ1n) is 6.20. The van der Waals surface area contributed by atoms with Gasteiger partial charge in [-0.25, -0.2) is 0 Å². The Hall–Kier alpha value is -0.290. The molecule has 1 heterocycles. The second-order valence-corrected chi connectivity index (χ2v) is 5.83. The average Bonchev–Trinajstić information content (AvgIpc) is 2.41. The molecule has 1 aromatic carbocycles. The molecular weight excluding hydrogens is 316 g/mol. The number of hydrogen-bond donors (Lipinski definition) is 2. The van der Waals surface area contributed by atoms with Gasteiger partial charge in [-0.2, -0.15) is 0 Å². The molecule has 1 aliphatic rings. The van der Waals surface area contributed by atoms with Crippen molar-refractivity contribution in [3.05, 3.63) is 27.7 Å². The standard InChI is InChI=1S/C13H18BrClN2O/c14-11-2-1-10(7-12(11)15)17-13(8-16)9-3-5-18-6-4-9/h1-2,7,9,13,17H,3-6,8,16H2. The van der Waals surface area contributed by atoms with Crippen molar-refractivity contribution in [2.75, 3.05) is 25.1 Å². The second kappa shape index (κ2) is 6.75. The van der Waals surface area contributed by atoms with E-state index in [0.29, 0.717) is 17.5 Å².